The van der Waals surface area contributed by atoms with E-state index in [1.165, 1.54) is 32.1 Å². The number of hydrogen-bond donors (Lipinski definition) is 1. The van der Waals surface area contributed by atoms with E-state index in [9.17, 15) is 4.39 Å². The number of aryl methyl sites for hydroxylation is 1. The predicted octanol–water partition coefficient (Wildman–Crippen LogP) is 3.68. The quantitative estimate of drug-likeness (QED) is 0.768. The Hall–Kier alpha value is -0.890. The minimum absolute atomic E-state index is 0.0647. The molecule has 0 spiro atoms. The highest BCUT2D eigenvalue weighted by Gasteiger charge is 2.11. The molecule has 0 aromatic heterocycles. The Morgan fingerprint density at radius 3 is 2.65 bits per heavy atom. The van der Waals surface area contributed by atoms with Crippen LogP contribution in [-0.4, -0.2) is 12.6 Å². The lowest BCUT2D eigenvalue weighted by Crippen LogP contribution is -2.31. The summed E-state index contributed by atoms with van der Waals surface area (Å²) in [6.45, 7) is 1.01. The number of nitrogens with one attached hydrogen (secondary N) is 1. The van der Waals surface area contributed by atoms with E-state index in [1.54, 1.807) is 12.1 Å². The molecule has 94 valence electrons. The Bertz CT molecular complexity index is 331. The average molecular weight is 235 g/mol. The monoisotopic (exact) mass is 235 g/mol. The minimum Gasteiger partial charge on any atom is -0.314 e. The first-order valence-corrected chi connectivity index (χ1v) is 6.83. The molecule has 1 saturated carbocycles. The second-order valence-corrected chi connectivity index (χ2v) is 4.98. The lowest BCUT2D eigenvalue weighted by Gasteiger charge is -2.22. The second-order valence-electron chi connectivity index (χ2n) is 4.98. The van der Waals surface area contributed by atoms with Crippen LogP contribution in [0.2, 0.25) is 0 Å². The molecule has 0 radical (unpaired) electrons. The van der Waals surface area contributed by atoms with Crippen molar-refractivity contribution in [2.75, 3.05) is 6.54 Å². The summed E-state index contributed by atoms with van der Waals surface area (Å²) in [6, 6.07) is 7.80. The van der Waals surface area contributed by atoms with Crippen molar-refractivity contribution in [1.29, 1.82) is 0 Å². The Morgan fingerprint density at radius 2 is 1.88 bits per heavy atom. The van der Waals surface area contributed by atoms with Gasteiger partial charge in [-0.15, -0.1) is 0 Å². The largest absolute Gasteiger partial charge is 0.314 e. The van der Waals surface area contributed by atoms with Crippen molar-refractivity contribution in [3.63, 3.8) is 0 Å². The van der Waals surface area contributed by atoms with Crippen molar-refractivity contribution in [2.24, 2.45) is 0 Å². The fourth-order valence-corrected chi connectivity index (χ4v) is 2.59. The predicted molar refractivity (Wildman–Crippen MR) is 69.6 cm³/mol. The third-order valence-corrected chi connectivity index (χ3v) is 3.62. The molecule has 0 heterocycles. The highest BCUT2D eigenvalue weighted by Crippen LogP contribution is 2.17. The molecule has 2 rings (SSSR count). The van der Waals surface area contributed by atoms with Gasteiger partial charge in [-0.1, -0.05) is 37.5 Å². The van der Waals surface area contributed by atoms with Gasteiger partial charge in [-0.25, -0.2) is 4.39 Å². The number of hydrogen-bond acceptors (Lipinski definition) is 1. The minimum atomic E-state index is -0.0647. The summed E-state index contributed by atoms with van der Waals surface area (Å²) in [5.74, 6) is -0.0647. The van der Waals surface area contributed by atoms with E-state index < -0.39 is 0 Å². The van der Waals surface area contributed by atoms with Crippen molar-refractivity contribution in [1.82, 2.24) is 5.32 Å². The topological polar surface area (TPSA) is 12.0 Å². The van der Waals surface area contributed by atoms with E-state index >= 15 is 0 Å². The van der Waals surface area contributed by atoms with Gasteiger partial charge in [0.25, 0.3) is 0 Å². The Kier molecular flexibility index (Phi) is 4.99. The Balaban J connectivity index is 1.64. The van der Waals surface area contributed by atoms with Crippen LogP contribution in [0.15, 0.2) is 24.3 Å². The summed E-state index contributed by atoms with van der Waals surface area (Å²) >= 11 is 0. The molecule has 0 atom stereocenters. The summed E-state index contributed by atoms with van der Waals surface area (Å²) in [4.78, 5) is 0. The van der Waals surface area contributed by atoms with E-state index in [-0.39, 0.29) is 5.82 Å². The fourth-order valence-electron chi connectivity index (χ4n) is 2.59. The maximum Gasteiger partial charge on any atom is 0.126 e. The van der Waals surface area contributed by atoms with Crippen LogP contribution in [0, 0.1) is 5.82 Å². The van der Waals surface area contributed by atoms with Crippen LogP contribution in [0.1, 0.15) is 44.1 Å². The van der Waals surface area contributed by atoms with Gasteiger partial charge in [0.05, 0.1) is 0 Å². The third kappa shape index (κ3) is 4.12. The van der Waals surface area contributed by atoms with Gasteiger partial charge in [0.2, 0.25) is 0 Å². The van der Waals surface area contributed by atoms with Crippen molar-refractivity contribution in [3.05, 3.63) is 35.6 Å². The zero-order valence-electron chi connectivity index (χ0n) is 10.4. The first kappa shape index (κ1) is 12.6. The molecule has 0 aliphatic heterocycles. The zero-order valence-corrected chi connectivity index (χ0v) is 10.4. The van der Waals surface area contributed by atoms with Crippen molar-refractivity contribution in [3.8, 4) is 0 Å². The molecule has 1 aromatic carbocycles. The van der Waals surface area contributed by atoms with Gasteiger partial charge in [-0.05, 0) is 43.9 Å². The third-order valence-electron chi connectivity index (χ3n) is 3.62. The molecule has 1 N–H and O–H groups in total. The van der Waals surface area contributed by atoms with Crippen LogP contribution in [0.4, 0.5) is 4.39 Å². The van der Waals surface area contributed by atoms with Gasteiger partial charge in [-0.3, -0.25) is 0 Å². The van der Waals surface area contributed by atoms with E-state index in [4.69, 9.17) is 0 Å². The molecular formula is C15H22FN. The van der Waals surface area contributed by atoms with E-state index in [2.05, 4.69) is 5.32 Å². The van der Waals surface area contributed by atoms with E-state index in [0.29, 0.717) is 6.04 Å². The molecule has 0 amide bonds. The summed E-state index contributed by atoms with van der Waals surface area (Å²) in [5.41, 5.74) is 0.845. The van der Waals surface area contributed by atoms with Gasteiger partial charge in [0.15, 0.2) is 0 Å². The lowest BCUT2D eigenvalue weighted by atomic mass is 9.95. The molecule has 2 heteroatoms. The summed E-state index contributed by atoms with van der Waals surface area (Å²) in [5, 5.41) is 3.59. The zero-order chi connectivity index (χ0) is 11.9. The van der Waals surface area contributed by atoms with Crippen LogP contribution in [0.25, 0.3) is 0 Å². The average Bonchev–Trinajstić information content (AvgIpc) is 2.38. The number of halogens is 1. The van der Waals surface area contributed by atoms with Gasteiger partial charge >= 0.3 is 0 Å². The molecule has 0 unspecified atom stereocenters. The number of rotatable bonds is 5. The maximum absolute atomic E-state index is 13.4. The van der Waals surface area contributed by atoms with E-state index in [1.807, 2.05) is 12.1 Å². The van der Waals surface area contributed by atoms with Crippen molar-refractivity contribution < 1.29 is 4.39 Å². The van der Waals surface area contributed by atoms with Crippen LogP contribution in [-0.2, 0) is 6.42 Å². The summed E-state index contributed by atoms with van der Waals surface area (Å²) in [6.07, 6.45) is 8.63. The molecule has 0 saturated heterocycles. The van der Waals surface area contributed by atoms with Crippen molar-refractivity contribution >= 4 is 0 Å². The molecule has 17 heavy (non-hydrogen) atoms. The van der Waals surface area contributed by atoms with Gasteiger partial charge < -0.3 is 5.32 Å². The summed E-state index contributed by atoms with van der Waals surface area (Å²) in [7, 11) is 0. The molecule has 1 aliphatic carbocycles. The first-order valence-electron chi connectivity index (χ1n) is 6.83. The standard InChI is InChI=1S/C15H22FN/c16-15-11-5-4-7-13(15)8-6-12-17-14-9-2-1-3-10-14/h4-5,7,11,14,17H,1-3,6,8-10,12H2. The summed E-state index contributed by atoms with van der Waals surface area (Å²) < 4.78 is 13.4. The lowest BCUT2D eigenvalue weighted by molar-refractivity contribution is 0.372. The van der Waals surface area contributed by atoms with Gasteiger partial charge in [0, 0.05) is 6.04 Å². The second kappa shape index (κ2) is 6.75. The van der Waals surface area contributed by atoms with Gasteiger partial charge in [0.1, 0.15) is 5.82 Å². The first-order chi connectivity index (χ1) is 8.36. The molecule has 1 nitrogen and oxygen atoms in total. The smallest absolute Gasteiger partial charge is 0.126 e. The highest BCUT2D eigenvalue weighted by molar-refractivity contribution is 5.17. The van der Waals surface area contributed by atoms with Crippen LogP contribution in [0.5, 0.6) is 0 Å². The molecule has 1 aromatic rings. The van der Waals surface area contributed by atoms with Crippen LogP contribution < -0.4 is 5.32 Å². The Morgan fingerprint density at radius 1 is 1.12 bits per heavy atom. The Labute approximate surface area is 103 Å². The maximum atomic E-state index is 13.4. The van der Waals surface area contributed by atoms with E-state index in [0.717, 1.165) is 24.9 Å². The van der Waals surface area contributed by atoms with Gasteiger partial charge in [-0.2, -0.15) is 0 Å². The van der Waals surface area contributed by atoms with Crippen LogP contribution >= 0.6 is 0 Å². The normalized spacial score (nSPS) is 17.2. The fraction of sp³-hybridized carbons (Fsp3) is 0.600. The van der Waals surface area contributed by atoms with Crippen molar-refractivity contribution in [2.45, 2.75) is 51.0 Å². The van der Waals surface area contributed by atoms with Crippen LogP contribution in [0.3, 0.4) is 0 Å². The molecular weight excluding hydrogens is 213 g/mol. The number of benzene rings is 1. The highest BCUT2D eigenvalue weighted by atomic mass is 19.1. The SMILES string of the molecule is Fc1ccccc1CCCNC1CCCCC1. The molecule has 1 aliphatic rings. The molecule has 1 fully saturated rings. The molecule has 0 bridgehead atoms.